The zero-order valence-electron chi connectivity index (χ0n) is 22.6. The van der Waals surface area contributed by atoms with Crippen LogP contribution in [0.5, 0.6) is 0 Å². The maximum Gasteiger partial charge on any atom is 0.162 e. The van der Waals surface area contributed by atoms with E-state index in [2.05, 4.69) is 41.5 Å². The smallest absolute Gasteiger partial charge is 0.162 e. The Morgan fingerprint density at radius 1 is 0.824 bits per heavy atom. The quantitative estimate of drug-likeness (QED) is 0.474. The van der Waals surface area contributed by atoms with Crippen LogP contribution in [0.4, 0.5) is 0 Å². The number of rotatable bonds is 1. The van der Waals surface area contributed by atoms with E-state index < -0.39 is 6.10 Å². The van der Waals surface area contributed by atoms with Crippen LogP contribution in [0.1, 0.15) is 112 Å². The SMILES string of the molecule is CC1(C)OC2CC(C3CCC4(C)C5CCC6C(C)(C)C(O)C(=O)CC67CC57CCC34C)CC1C2. The Morgan fingerprint density at radius 3 is 2.29 bits per heavy atom. The van der Waals surface area contributed by atoms with Crippen molar-refractivity contribution in [3.8, 4) is 0 Å². The molecule has 2 bridgehead atoms. The molecule has 1 aliphatic heterocycles. The number of fused-ring (bicyclic) bond motifs is 4. The van der Waals surface area contributed by atoms with Crippen molar-refractivity contribution in [3.63, 3.8) is 0 Å². The third-order valence-corrected chi connectivity index (χ3v) is 14.7. The van der Waals surface area contributed by atoms with Gasteiger partial charge in [-0.25, -0.2) is 0 Å². The molecule has 3 heteroatoms. The van der Waals surface area contributed by atoms with Gasteiger partial charge in [0, 0.05) is 11.8 Å². The fourth-order valence-electron chi connectivity index (χ4n) is 12.8. The molecule has 2 spiro atoms. The molecule has 1 N–H and O–H groups in total. The summed E-state index contributed by atoms with van der Waals surface area (Å²) in [5.41, 5.74) is 1.21. The van der Waals surface area contributed by atoms with Gasteiger partial charge in [-0.15, -0.1) is 0 Å². The molecule has 11 unspecified atom stereocenters. The predicted molar refractivity (Wildman–Crippen MR) is 133 cm³/mol. The molecule has 34 heavy (non-hydrogen) atoms. The van der Waals surface area contributed by atoms with Gasteiger partial charge in [-0.3, -0.25) is 4.79 Å². The van der Waals surface area contributed by atoms with E-state index in [0.717, 1.165) is 23.7 Å². The summed E-state index contributed by atoms with van der Waals surface area (Å²) >= 11 is 0. The average molecular weight is 469 g/mol. The van der Waals surface area contributed by atoms with E-state index in [1.807, 2.05) is 0 Å². The molecule has 1 heterocycles. The molecule has 6 aliphatic carbocycles. The van der Waals surface area contributed by atoms with Gasteiger partial charge in [0.15, 0.2) is 5.78 Å². The normalized spacial score (nSPS) is 60.7. The van der Waals surface area contributed by atoms with Crippen molar-refractivity contribution < 1.29 is 14.6 Å². The topological polar surface area (TPSA) is 46.5 Å². The Balaban J connectivity index is 1.20. The van der Waals surface area contributed by atoms with Gasteiger partial charge in [-0.1, -0.05) is 27.7 Å². The summed E-state index contributed by atoms with van der Waals surface area (Å²) in [5, 5.41) is 10.8. The molecule has 7 fully saturated rings. The van der Waals surface area contributed by atoms with Gasteiger partial charge in [0.1, 0.15) is 6.10 Å². The van der Waals surface area contributed by atoms with Gasteiger partial charge < -0.3 is 9.84 Å². The van der Waals surface area contributed by atoms with Crippen molar-refractivity contribution in [1.29, 1.82) is 0 Å². The summed E-state index contributed by atoms with van der Waals surface area (Å²) in [6.45, 7) is 14.4. The van der Waals surface area contributed by atoms with Crippen molar-refractivity contribution in [2.24, 2.45) is 56.7 Å². The second kappa shape index (κ2) is 6.35. The van der Waals surface area contributed by atoms with E-state index in [1.165, 1.54) is 64.2 Å². The number of ketones is 1. The predicted octanol–water partition coefficient (Wildman–Crippen LogP) is 6.56. The molecule has 0 aromatic carbocycles. The molecule has 0 aromatic heterocycles. The Labute approximate surface area is 207 Å². The van der Waals surface area contributed by atoms with Gasteiger partial charge in [0.05, 0.1) is 11.7 Å². The fraction of sp³-hybridized carbons (Fsp3) is 0.968. The number of hydrogen-bond acceptors (Lipinski definition) is 3. The standard InChI is InChI=1S/C31H48O3/c1-26(2)23-7-8-24-29(6)10-9-21(18-13-19-15-20(14-18)34-27(19,3)4)28(29,5)11-12-30(24)17-31(23,30)16-22(32)25(26)33/h18-21,23-25,33H,7-17H2,1-6H3. The highest BCUT2D eigenvalue weighted by atomic mass is 16.5. The van der Waals surface area contributed by atoms with E-state index in [4.69, 9.17) is 4.74 Å². The van der Waals surface area contributed by atoms with Crippen LogP contribution in [-0.4, -0.2) is 28.7 Å². The lowest BCUT2D eigenvalue weighted by atomic mass is 9.41. The number of Topliss-reactive ketones (excluding diaryl/α,β-unsaturated/α-hetero) is 1. The minimum atomic E-state index is -0.759. The lowest BCUT2D eigenvalue weighted by Gasteiger charge is -2.63. The molecule has 0 radical (unpaired) electrons. The molecular weight excluding hydrogens is 420 g/mol. The Hall–Kier alpha value is -0.410. The van der Waals surface area contributed by atoms with Crippen molar-refractivity contribution in [2.75, 3.05) is 0 Å². The van der Waals surface area contributed by atoms with Crippen molar-refractivity contribution in [2.45, 2.75) is 130 Å². The molecule has 11 atom stereocenters. The van der Waals surface area contributed by atoms with E-state index in [9.17, 15) is 9.90 Å². The van der Waals surface area contributed by atoms with Crippen LogP contribution in [0.15, 0.2) is 0 Å². The fourth-order valence-corrected chi connectivity index (χ4v) is 12.8. The van der Waals surface area contributed by atoms with E-state index in [1.54, 1.807) is 0 Å². The Morgan fingerprint density at radius 2 is 1.56 bits per heavy atom. The van der Waals surface area contributed by atoms with Crippen LogP contribution in [0.25, 0.3) is 0 Å². The number of aliphatic hydroxyl groups is 1. The molecule has 6 saturated carbocycles. The molecule has 1 saturated heterocycles. The monoisotopic (exact) mass is 468 g/mol. The number of hydrogen-bond donors (Lipinski definition) is 1. The largest absolute Gasteiger partial charge is 0.385 e. The molecule has 190 valence electrons. The first-order valence-corrected chi connectivity index (χ1v) is 14.7. The number of carbonyl (C=O) groups excluding carboxylic acids is 1. The zero-order valence-corrected chi connectivity index (χ0v) is 22.6. The van der Waals surface area contributed by atoms with Crippen molar-refractivity contribution in [3.05, 3.63) is 0 Å². The van der Waals surface area contributed by atoms with Crippen LogP contribution in [0, 0.1) is 56.7 Å². The average Bonchev–Trinajstić information content (AvgIpc) is 3.25. The highest BCUT2D eigenvalue weighted by molar-refractivity contribution is 5.86. The molecule has 3 nitrogen and oxygen atoms in total. The van der Waals surface area contributed by atoms with Gasteiger partial charge in [-0.2, -0.15) is 0 Å². The van der Waals surface area contributed by atoms with Gasteiger partial charge in [-0.05, 0) is 129 Å². The molecule has 0 amide bonds. The summed E-state index contributed by atoms with van der Waals surface area (Å²) < 4.78 is 6.51. The van der Waals surface area contributed by atoms with Crippen molar-refractivity contribution >= 4 is 5.78 Å². The number of carbonyl (C=O) groups is 1. The molecule has 0 aromatic rings. The zero-order chi connectivity index (χ0) is 24.1. The lowest BCUT2D eigenvalue weighted by molar-refractivity contribution is -0.173. The van der Waals surface area contributed by atoms with E-state index in [0.29, 0.717) is 34.7 Å². The highest BCUT2D eigenvalue weighted by Gasteiger charge is 2.83. The Kier molecular flexibility index (Phi) is 4.25. The lowest BCUT2D eigenvalue weighted by Crippen LogP contribution is -2.59. The number of aliphatic hydroxyl groups excluding tert-OH is 1. The van der Waals surface area contributed by atoms with Crippen molar-refractivity contribution in [1.82, 2.24) is 0 Å². The summed E-state index contributed by atoms with van der Waals surface area (Å²) in [5.74, 6) is 3.85. The van der Waals surface area contributed by atoms with Gasteiger partial charge in [0.2, 0.25) is 0 Å². The number of ether oxygens (including phenoxy) is 1. The maximum atomic E-state index is 13.1. The van der Waals surface area contributed by atoms with E-state index in [-0.39, 0.29) is 22.2 Å². The van der Waals surface area contributed by atoms with Gasteiger partial charge in [0.25, 0.3) is 0 Å². The molecular formula is C31H48O3. The van der Waals surface area contributed by atoms with Crippen LogP contribution in [0.3, 0.4) is 0 Å². The van der Waals surface area contributed by atoms with Crippen LogP contribution in [-0.2, 0) is 9.53 Å². The maximum absolute atomic E-state index is 13.1. The van der Waals surface area contributed by atoms with Crippen LogP contribution >= 0.6 is 0 Å². The Bertz CT molecular complexity index is 937. The highest BCUT2D eigenvalue weighted by Crippen LogP contribution is 2.89. The molecule has 7 aliphatic rings. The summed E-state index contributed by atoms with van der Waals surface area (Å²) in [6, 6.07) is 0. The van der Waals surface area contributed by atoms with Crippen LogP contribution < -0.4 is 0 Å². The van der Waals surface area contributed by atoms with Gasteiger partial charge >= 0.3 is 0 Å². The first-order chi connectivity index (χ1) is 15.8. The minimum absolute atomic E-state index is 0.0719. The third kappa shape index (κ3) is 2.37. The van der Waals surface area contributed by atoms with E-state index >= 15 is 0 Å². The first kappa shape index (κ1) is 22.8. The van der Waals surface area contributed by atoms with Crippen LogP contribution in [0.2, 0.25) is 0 Å². The first-order valence-electron chi connectivity index (χ1n) is 14.7. The molecule has 7 rings (SSSR count). The summed E-state index contributed by atoms with van der Waals surface area (Å²) in [4.78, 5) is 13.1. The third-order valence-electron chi connectivity index (χ3n) is 14.7. The second-order valence-electron chi connectivity index (χ2n) is 16.0. The second-order valence-corrected chi connectivity index (χ2v) is 16.0. The summed E-state index contributed by atoms with van der Waals surface area (Å²) in [6.07, 6.45) is 13.6. The minimum Gasteiger partial charge on any atom is -0.385 e. The summed E-state index contributed by atoms with van der Waals surface area (Å²) in [7, 11) is 0.